The third-order valence-electron chi connectivity index (χ3n) is 0.175. The fraction of sp³-hybridized carbons (Fsp3) is 0. The molecule has 52 valence electrons. The number of carbonyl (C=O) groups is 2. The second kappa shape index (κ2) is 6.39. The second-order valence-electron chi connectivity index (χ2n) is 0.593. The van der Waals surface area contributed by atoms with Gasteiger partial charge in [-0.2, -0.15) is 0 Å². The molecule has 0 unspecified atom stereocenters. The third-order valence-corrected chi connectivity index (χ3v) is 0.175. The van der Waals surface area contributed by atoms with Crippen LogP contribution in [0.5, 0.6) is 0 Å². The molecular weight excluding hydrogens is 163 g/mol. The van der Waals surface area contributed by atoms with Crippen LogP contribution >= 0.6 is 0 Å². The van der Waals surface area contributed by atoms with Crippen molar-refractivity contribution < 1.29 is 41.8 Å². The summed E-state index contributed by atoms with van der Waals surface area (Å²) in [7, 11) is 0. The molecule has 0 radical (unpaired) electrons. The number of carboxylic acids is 2. The van der Waals surface area contributed by atoms with Crippen molar-refractivity contribution >= 4 is 11.9 Å². The molecule has 0 amide bonds. The summed E-state index contributed by atoms with van der Waals surface area (Å²) in [5.74, 6) is -4.01. The maximum Gasteiger partial charge on any atom is 0.351 e. The Morgan fingerprint density at radius 3 is 1.50 bits per heavy atom. The van der Waals surface area contributed by atoms with Gasteiger partial charge in [-0.05, 0) is 0 Å². The van der Waals surface area contributed by atoms with Crippen molar-refractivity contribution in [2.75, 3.05) is 0 Å². The van der Waals surface area contributed by atoms with E-state index in [0.717, 1.165) is 0 Å². The first kappa shape index (κ1) is 15.7. The maximum atomic E-state index is 9.04. The Morgan fingerprint density at radius 1 is 1.38 bits per heavy atom. The second-order valence-corrected chi connectivity index (χ2v) is 0.593. The van der Waals surface area contributed by atoms with Crippen molar-refractivity contribution in [1.29, 1.82) is 0 Å². The molecule has 0 spiro atoms. The van der Waals surface area contributed by atoms with Crippen LogP contribution in [0, 0.1) is 0 Å². The van der Waals surface area contributed by atoms with Gasteiger partial charge in [0.15, 0.2) is 5.97 Å². The molecule has 3 N–H and O–H groups in total. The molecule has 6 heteroatoms. The molecular formula is C2H3NiO5-. The number of rotatable bonds is 0. The normalized spacial score (nSPS) is 5.50. The van der Waals surface area contributed by atoms with Crippen molar-refractivity contribution in [3.05, 3.63) is 0 Å². The summed E-state index contributed by atoms with van der Waals surface area (Å²) in [5.41, 5.74) is 0. The van der Waals surface area contributed by atoms with Crippen LogP contribution in [0.4, 0.5) is 0 Å². The molecule has 0 aliphatic heterocycles. The Balaban J connectivity index is -0.000000125. The van der Waals surface area contributed by atoms with Crippen LogP contribution in [0.15, 0.2) is 0 Å². The third kappa shape index (κ3) is 9.04. The maximum absolute atomic E-state index is 9.04. The van der Waals surface area contributed by atoms with E-state index < -0.39 is 11.9 Å². The number of carboxylic acid groups (broad SMARTS) is 2. The predicted molar refractivity (Wildman–Crippen MR) is 16.3 cm³/mol. The zero-order valence-electron chi connectivity index (χ0n) is 3.49. The van der Waals surface area contributed by atoms with Crippen molar-refractivity contribution in [2.45, 2.75) is 0 Å². The van der Waals surface area contributed by atoms with Gasteiger partial charge < -0.3 is 20.5 Å². The van der Waals surface area contributed by atoms with Crippen LogP contribution in [0.2, 0.25) is 0 Å². The van der Waals surface area contributed by atoms with E-state index in [0.29, 0.717) is 0 Å². The SMILES string of the molecule is O.O=C([O-])C(=O)O.[Ni]. The summed E-state index contributed by atoms with van der Waals surface area (Å²) in [4.78, 5) is 18.0. The van der Waals surface area contributed by atoms with E-state index in [9.17, 15) is 0 Å². The van der Waals surface area contributed by atoms with E-state index in [1.807, 2.05) is 0 Å². The molecule has 0 saturated heterocycles. The Kier molecular flexibility index (Phi) is 12.5. The van der Waals surface area contributed by atoms with Gasteiger partial charge in [-0.3, -0.25) is 0 Å². The van der Waals surface area contributed by atoms with Crippen molar-refractivity contribution in [3.63, 3.8) is 0 Å². The quantitative estimate of drug-likeness (QED) is 0.305. The molecule has 0 atom stereocenters. The average Bonchev–Trinajstić information content (AvgIpc) is 1.36. The minimum atomic E-state index is -2.07. The molecule has 0 aromatic carbocycles. The molecule has 0 aliphatic rings. The fourth-order valence-corrected chi connectivity index (χ4v) is 0. The summed E-state index contributed by atoms with van der Waals surface area (Å²) in [6.45, 7) is 0. The van der Waals surface area contributed by atoms with Crippen LogP contribution in [0.25, 0.3) is 0 Å². The molecule has 0 rings (SSSR count). The van der Waals surface area contributed by atoms with Gasteiger partial charge in [0.1, 0.15) is 0 Å². The van der Waals surface area contributed by atoms with Gasteiger partial charge in [0.05, 0.1) is 0 Å². The van der Waals surface area contributed by atoms with Crippen LogP contribution in [-0.4, -0.2) is 22.5 Å². The van der Waals surface area contributed by atoms with E-state index >= 15 is 0 Å². The molecule has 8 heavy (non-hydrogen) atoms. The van der Waals surface area contributed by atoms with Crippen LogP contribution in [0.1, 0.15) is 0 Å². The first-order valence-electron chi connectivity index (χ1n) is 1.09. The Bertz CT molecular complexity index is 76.4. The van der Waals surface area contributed by atoms with E-state index in [1.54, 1.807) is 0 Å². The number of hydrogen-bond donors (Lipinski definition) is 1. The van der Waals surface area contributed by atoms with Gasteiger partial charge in [0, 0.05) is 16.5 Å². The van der Waals surface area contributed by atoms with Crippen molar-refractivity contribution in [1.82, 2.24) is 0 Å². The molecule has 0 heterocycles. The van der Waals surface area contributed by atoms with Crippen LogP contribution in [0.3, 0.4) is 0 Å². The van der Waals surface area contributed by atoms with Crippen LogP contribution in [-0.2, 0) is 26.1 Å². The van der Waals surface area contributed by atoms with E-state index in [4.69, 9.17) is 19.8 Å². The molecule has 0 bridgehead atoms. The van der Waals surface area contributed by atoms with Gasteiger partial charge in [-0.15, -0.1) is 0 Å². The van der Waals surface area contributed by atoms with Crippen molar-refractivity contribution in [3.8, 4) is 0 Å². The van der Waals surface area contributed by atoms with Gasteiger partial charge in [0.2, 0.25) is 0 Å². The monoisotopic (exact) mass is 165 g/mol. The largest absolute Gasteiger partial charge is 0.539 e. The van der Waals surface area contributed by atoms with Gasteiger partial charge >= 0.3 is 5.97 Å². The molecule has 0 fully saturated rings. The zero-order valence-corrected chi connectivity index (χ0v) is 4.48. The summed E-state index contributed by atoms with van der Waals surface area (Å²) in [5, 5.41) is 16.3. The van der Waals surface area contributed by atoms with E-state index in [2.05, 4.69) is 0 Å². The first-order valence-corrected chi connectivity index (χ1v) is 1.09. The molecule has 0 aliphatic carbocycles. The molecule has 0 aromatic heterocycles. The number of carbonyl (C=O) groups excluding carboxylic acids is 1. The topological polar surface area (TPSA) is 109 Å². The minimum Gasteiger partial charge on any atom is -0.539 e. The Morgan fingerprint density at radius 2 is 1.50 bits per heavy atom. The predicted octanol–water partition coefficient (Wildman–Crippen LogP) is -3.01. The summed E-state index contributed by atoms with van der Waals surface area (Å²) < 4.78 is 0. The van der Waals surface area contributed by atoms with E-state index in [-0.39, 0.29) is 22.0 Å². The summed E-state index contributed by atoms with van der Waals surface area (Å²) in [6.07, 6.45) is 0. The molecule has 0 saturated carbocycles. The fourth-order valence-electron chi connectivity index (χ4n) is 0. The van der Waals surface area contributed by atoms with Crippen molar-refractivity contribution in [2.24, 2.45) is 0 Å². The first-order chi connectivity index (χ1) is 2.64. The Hall–Kier alpha value is -0.606. The average molecular weight is 166 g/mol. The molecule has 0 aromatic rings. The standard InChI is InChI=1S/C2H2O4.Ni.H2O/c3-1(4)2(5)6;;/h(H,3,4)(H,5,6);;1H2/p-1. The zero-order chi connectivity index (χ0) is 5.15. The van der Waals surface area contributed by atoms with Gasteiger partial charge in [-0.25, -0.2) is 4.79 Å². The smallest absolute Gasteiger partial charge is 0.351 e. The van der Waals surface area contributed by atoms with Gasteiger partial charge in [0.25, 0.3) is 0 Å². The van der Waals surface area contributed by atoms with Crippen LogP contribution < -0.4 is 5.11 Å². The Labute approximate surface area is 54.5 Å². The molecule has 5 nitrogen and oxygen atoms in total. The number of hydrogen-bond acceptors (Lipinski definition) is 3. The van der Waals surface area contributed by atoms with Gasteiger partial charge in [-0.1, -0.05) is 0 Å². The van der Waals surface area contributed by atoms with E-state index in [1.165, 1.54) is 0 Å². The summed E-state index contributed by atoms with van der Waals surface area (Å²) in [6, 6.07) is 0. The minimum absolute atomic E-state index is 0. The summed E-state index contributed by atoms with van der Waals surface area (Å²) >= 11 is 0. The number of aliphatic carboxylic acids is 2.